The molecular weight excluding hydrogens is 290 g/mol. The standard InChI is InChI=1S/C18H29N3O2/c1-5-21(6-2)10-9-19-12-16(22)14-7-8-17-15(11-14)20-13-18(3,4)23-17/h7-8,11,19-20H,5-6,9-10,12-13H2,1-4H3. The number of benzene rings is 1. The number of carbonyl (C=O) groups excluding carboxylic acids is 1. The second-order valence-electron chi connectivity index (χ2n) is 6.55. The van der Waals surface area contributed by atoms with Crippen LogP contribution in [0.3, 0.4) is 0 Å². The predicted octanol–water partition coefficient (Wildman–Crippen LogP) is 2.38. The molecular formula is C18H29N3O2. The summed E-state index contributed by atoms with van der Waals surface area (Å²) in [5, 5.41) is 6.57. The molecule has 2 N–H and O–H groups in total. The quantitative estimate of drug-likeness (QED) is 0.569. The summed E-state index contributed by atoms with van der Waals surface area (Å²) in [4.78, 5) is 14.6. The molecule has 2 rings (SSSR count). The van der Waals surface area contributed by atoms with Crippen molar-refractivity contribution in [3.8, 4) is 5.75 Å². The molecule has 0 bridgehead atoms. The highest BCUT2D eigenvalue weighted by Gasteiger charge is 2.26. The smallest absolute Gasteiger partial charge is 0.176 e. The SMILES string of the molecule is CCN(CC)CCNCC(=O)c1ccc2c(c1)NCC(C)(C)O2. The zero-order valence-corrected chi connectivity index (χ0v) is 14.7. The molecule has 1 aliphatic heterocycles. The first-order valence-electron chi connectivity index (χ1n) is 8.48. The highest BCUT2D eigenvalue weighted by Crippen LogP contribution is 2.33. The van der Waals surface area contributed by atoms with Gasteiger partial charge in [0.05, 0.1) is 18.8 Å². The Balaban J connectivity index is 1.86. The zero-order valence-electron chi connectivity index (χ0n) is 14.7. The van der Waals surface area contributed by atoms with Crippen LogP contribution in [-0.2, 0) is 0 Å². The Morgan fingerprint density at radius 3 is 2.78 bits per heavy atom. The first-order valence-corrected chi connectivity index (χ1v) is 8.48. The molecule has 0 saturated carbocycles. The summed E-state index contributed by atoms with van der Waals surface area (Å²) in [5.74, 6) is 0.922. The maximum atomic E-state index is 12.3. The molecule has 1 aromatic carbocycles. The van der Waals surface area contributed by atoms with E-state index in [2.05, 4.69) is 29.4 Å². The molecule has 23 heavy (non-hydrogen) atoms. The van der Waals surface area contributed by atoms with Gasteiger partial charge in [-0.05, 0) is 45.1 Å². The van der Waals surface area contributed by atoms with Gasteiger partial charge in [0.1, 0.15) is 11.4 Å². The van der Waals surface area contributed by atoms with Crippen LogP contribution in [0.2, 0.25) is 0 Å². The van der Waals surface area contributed by atoms with Crippen molar-refractivity contribution in [3.63, 3.8) is 0 Å². The normalized spacial score (nSPS) is 15.7. The number of hydrogen-bond donors (Lipinski definition) is 2. The summed E-state index contributed by atoms with van der Waals surface area (Å²) < 4.78 is 5.91. The van der Waals surface area contributed by atoms with Gasteiger partial charge in [-0.2, -0.15) is 0 Å². The molecule has 128 valence electrons. The lowest BCUT2D eigenvalue weighted by atomic mass is 10.0. The van der Waals surface area contributed by atoms with Gasteiger partial charge in [0.2, 0.25) is 0 Å². The van der Waals surface area contributed by atoms with E-state index in [1.54, 1.807) is 0 Å². The number of ketones is 1. The Labute approximate surface area is 139 Å². The maximum absolute atomic E-state index is 12.3. The molecule has 1 aromatic rings. The van der Waals surface area contributed by atoms with Gasteiger partial charge in [-0.15, -0.1) is 0 Å². The average molecular weight is 319 g/mol. The number of rotatable bonds is 8. The van der Waals surface area contributed by atoms with Crippen LogP contribution in [0.4, 0.5) is 5.69 Å². The summed E-state index contributed by atoms with van der Waals surface area (Å²) in [7, 11) is 0. The third-order valence-corrected chi connectivity index (χ3v) is 4.18. The maximum Gasteiger partial charge on any atom is 0.176 e. The van der Waals surface area contributed by atoms with Crippen LogP contribution in [0.15, 0.2) is 18.2 Å². The van der Waals surface area contributed by atoms with Crippen LogP contribution in [-0.4, -0.2) is 55.6 Å². The van der Waals surface area contributed by atoms with E-state index < -0.39 is 0 Å². The van der Waals surface area contributed by atoms with Gasteiger partial charge in [-0.3, -0.25) is 4.79 Å². The summed E-state index contributed by atoms with van der Waals surface area (Å²) in [6.45, 7) is 13.4. The number of fused-ring (bicyclic) bond motifs is 1. The van der Waals surface area contributed by atoms with Gasteiger partial charge >= 0.3 is 0 Å². The van der Waals surface area contributed by atoms with Crippen molar-refractivity contribution in [1.29, 1.82) is 0 Å². The number of hydrogen-bond acceptors (Lipinski definition) is 5. The lowest BCUT2D eigenvalue weighted by molar-refractivity contribution is 0.0989. The summed E-state index contributed by atoms with van der Waals surface area (Å²) in [6, 6.07) is 5.61. The molecule has 1 heterocycles. The van der Waals surface area contributed by atoms with E-state index in [9.17, 15) is 4.79 Å². The zero-order chi connectivity index (χ0) is 16.9. The molecule has 0 fully saturated rings. The Morgan fingerprint density at radius 1 is 1.35 bits per heavy atom. The number of anilines is 1. The molecule has 0 unspecified atom stereocenters. The lowest BCUT2D eigenvalue weighted by Gasteiger charge is -2.33. The van der Waals surface area contributed by atoms with Crippen molar-refractivity contribution in [1.82, 2.24) is 10.2 Å². The molecule has 0 aromatic heterocycles. The van der Waals surface area contributed by atoms with Crippen LogP contribution in [0.5, 0.6) is 5.75 Å². The van der Waals surface area contributed by atoms with Crippen LogP contribution in [0, 0.1) is 0 Å². The van der Waals surface area contributed by atoms with Gasteiger partial charge in [0.15, 0.2) is 5.78 Å². The molecule has 0 amide bonds. The van der Waals surface area contributed by atoms with Crippen LogP contribution >= 0.6 is 0 Å². The number of Topliss-reactive ketones (excluding diaryl/α,β-unsaturated/α-hetero) is 1. The van der Waals surface area contributed by atoms with Gasteiger partial charge in [0, 0.05) is 18.7 Å². The molecule has 5 nitrogen and oxygen atoms in total. The van der Waals surface area contributed by atoms with Gasteiger partial charge in [-0.25, -0.2) is 0 Å². The topological polar surface area (TPSA) is 53.6 Å². The summed E-state index contributed by atoms with van der Waals surface area (Å²) in [5.41, 5.74) is 1.40. The Morgan fingerprint density at radius 2 is 2.09 bits per heavy atom. The first kappa shape index (κ1) is 17.8. The fourth-order valence-corrected chi connectivity index (χ4v) is 2.65. The Bertz CT molecular complexity index is 539. The van der Waals surface area contributed by atoms with Crippen molar-refractivity contribution in [2.24, 2.45) is 0 Å². The minimum atomic E-state index is -0.218. The number of likely N-dealkylation sites (N-methyl/N-ethyl adjacent to an activating group) is 1. The molecule has 0 saturated heterocycles. The van der Waals surface area contributed by atoms with Crippen molar-refractivity contribution < 1.29 is 9.53 Å². The molecule has 0 radical (unpaired) electrons. The summed E-state index contributed by atoms with van der Waals surface area (Å²) in [6.07, 6.45) is 0. The van der Waals surface area contributed by atoms with Gasteiger partial charge in [-0.1, -0.05) is 13.8 Å². The summed E-state index contributed by atoms with van der Waals surface area (Å²) >= 11 is 0. The van der Waals surface area contributed by atoms with Gasteiger partial charge < -0.3 is 20.3 Å². The second-order valence-corrected chi connectivity index (χ2v) is 6.55. The van der Waals surface area contributed by atoms with Crippen molar-refractivity contribution in [2.45, 2.75) is 33.3 Å². The molecule has 5 heteroatoms. The minimum absolute atomic E-state index is 0.110. The monoisotopic (exact) mass is 319 g/mol. The molecule has 0 atom stereocenters. The van der Waals surface area contributed by atoms with Crippen molar-refractivity contribution in [2.75, 3.05) is 44.6 Å². The number of ether oxygens (including phenoxy) is 1. The van der Waals surface area contributed by atoms with E-state index in [4.69, 9.17) is 4.74 Å². The molecule has 0 spiro atoms. The minimum Gasteiger partial charge on any atom is -0.484 e. The largest absolute Gasteiger partial charge is 0.484 e. The van der Waals surface area contributed by atoms with E-state index in [-0.39, 0.29) is 11.4 Å². The Hall–Kier alpha value is -1.59. The highest BCUT2D eigenvalue weighted by atomic mass is 16.5. The van der Waals surface area contributed by atoms with Crippen molar-refractivity contribution >= 4 is 11.5 Å². The van der Waals surface area contributed by atoms with E-state index in [0.29, 0.717) is 6.54 Å². The third-order valence-electron chi connectivity index (χ3n) is 4.18. The molecule has 1 aliphatic rings. The van der Waals surface area contributed by atoms with Crippen molar-refractivity contribution in [3.05, 3.63) is 23.8 Å². The lowest BCUT2D eigenvalue weighted by Crippen LogP contribution is -2.40. The van der Waals surface area contributed by atoms with Crippen LogP contribution < -0.4 is 15.4 Å². The van der Waals surface area contributed by atoms with Gasteiger partial charge in [0.25, 0.3) is 0 Å². The third kappa shape index (κ3) is 4.94. The first-order chi connectivity index (χ1) is 10.9. The van der Waals surface area contributed by atoms with Crippen LogP contribution in [0.1, 0.15) is 38.1 Å². The van der Waals surface area contributed by atoms with E-state index in [1.165, 1.54) is 0 Å². The highest BCUT2D eigenvalue weighted by molar-refractivity contribution is 5.98. The van der Waals surface area contributed by atoms with E-state index in [0.717, 1.165) is 49.7 Å². The number of carbonyl (C=O) groups is 1. The fourth-order valence-electron chi connectivity index (χ4n) is 2.65. The van der Waals surface area contributed by atoms with E-state index in [1.807, 2.05) is 32.0 Å². The fraction of sp³-hybridized carbons (Fsp3) is 0.611. The Kier molecular flexibility index (Phi) is 6.02. The second kappa shape index (κ2) is 7.79. The predicted molar refractivity (Wildman–Crippen MR) is 94.6 cm³/mol. The average Bonchev–Trinajstić information content (AvgIpc) is 2.53. The van der Waals surface area contributed by atoms with E-state index >= 15 is 0 Å². The van der Waals surface area contributed by atoms with Crippen LogP contribution in [0.25, 0.3) is 0 Å². The number of nitrogens with one attached hydrogen (secondary N) is 2. The molecule has 0 aliphatic carbocycles. The number of nitrogens with zero attached hydrogens (tertiary/aromatic N) is 1.